The first-order chi connectivity index (χ1) is 15.9. The lowest BCUT2D eigenvalue weighted by Gasteiger charge is -2.17. The van der Waals surface area contributed by atoms with Crippen molar-refractivity contribution in [2.24, 2.45) is 0 Å². The second-order valence-electron chi connectivity index (χ2n) is 6.44. The molecule has 3 rings (SSSR count). The molecule has 0 amide bonds. The molecule has 0 saturated carbocycles. The summed E-state index contributed by atoms with van der Waals surface area (Å²) in [5, 5.41) is 15.8. The summed E-state index contributed by atoms with van der Waals surface area (Å²) >= 11 is 7.26. The monoisotopic (exact) mass is 613 g/mol. The maximum Gasteiger partial charge on any atom is 0.437 e. The van der Waals surface area contributed by atoms with Gasteiger partial charge in [0.1, 0.15) is 11.4 Å². The Balaban J connectivity index is 2.18. The number of benzene rings is 1. The van der Waals surface area contributed by atoms with Crippen LogP contribution < -0.4 is 15.0 Å². The normalized spacial score (nSPS) is 11.4. The molecule has 15 heteroatoms. The zero-order valence-corrected chi connectivity index (χ0v) is 19.6. The van der Waals surface area contributed by atoms with Gasteiger partial charge in [0.15, 0.2) is 9.53 Å². The van der Waals surface area contributed by atoms with Crippen LogP contribution in [0.4, 0.5) is 22.0 Å². The van der Waals surface area contributed by atoms with E-state index in [4.69, 9.17) is 26.3 Å². The summed E-state index contributed by atoms with van der Waals surface area (Å²) in [6.07, 6.45) is -8.07. The fourth-order valence-electron chi connectivity index (χ4n) is 2.73. The zero-order chi connectivity index (χ0) is 25.2. The van der Waals surface area contributed by atoms with Crippen molar-refractivity contribution in [3.8, 4) is 23.4 Å². The average Bonchev–Trinajstić information content (AvgIpc) is 2.76. The number of methoxy groups -OCH3 is 1. The number of aromatic nitrogens is 4. The van der Waals surface area contributed by atoms with Gasteiger partial charge in [0.2, 0.25) is 11.6 Å². The summed E-state index contributed by atoms with van der Waals surface area (Å²) in [6, 6.07) is 6.10. The highest BCUT2D eigenvalue weighted by atomic mass is 127. The smallest absolute Gasteiger partial charge is 0.437 e. The number of nitrogens with zero attached hydrogens (tertiary/aromatic N) is 5. The molecule has 3 aromatic rings. The van der Waals surface area contributed by atoms with E-state index in [1.807, 2.05) is 0 Å². The predicted molar refractivity (Wildman–Crippen MR) is 115 cm³/mol. The molecule has 0 aliphatic rings. The van der Waals surface area contributed by atoms with Gasteiger partial charge in [-0.15, -0.1) is 10.2 Å². The molecule has 0 aliphatic heterocycles. The molecule has 34 heavy (non-hydrogen) atoms. The minimum atomic E-state index is -5.08. The summed E-state index contributed by atoms with van der Waals surface area (Å²) in [7, 11) is 1.18. The van der Waals surface area contributed by atoms with E-state index in [0.29, 0.717) is 0 Å². The molecule has 0 atom stereocenters. The molecule has 0 bridgehead atoms. The number of hydrogen-bond acceptors (Lipinski definition) is 7. The van der Waals surface area contributed by atoms with E-state index >= 15 is 0 Å². The van der Waals surface area contributed by atoms with Crippen molar-refractivity contribution in [3.63, 3.8) is 0 Å². The van der Waals surface area contributed by atoms with Gasteiger partial charge in [0.05, 0.1) is 25.3 Å². The molecule has 0 saturated heterocycles. The number of halogens is 7. The second kappa shape index (κ2) is 10.1. The first-order valence-corrected chi connectivity index (χ1v) is 10.3. The van der Waals surface area contributed by atoms with Crippen LogP contribution in [0.2, 0.25) is 5.02 Å². The standard InChI is InChI=1S/C19H10ClF5IN5O3/c1-33-16-9(4-12(15(21)22)29-30-16)7-31-17(32)13(14(19(23,24)25)28-18(31)26)34-11-3-8(6-27)2-10(20)5-11/h2-5,15H,7H2,1H3. The van der Waals surface area contributed by atoms with Crippen LogP contribution in [0.3, 0.4) is 0 Å². The molecule has 178 valence electrons. The first-order valence-electron chi connectivity index (χ1n) is 8.89. The molecule has 0 fully saturated rings. The second-order valence-corrected chi connectivity index (χ2v) is 7.84. The number of hydrogen-bond donors (Lipinski definition) is 0. The number of rotatable bonds is 6. The van der Waals surface area contributed by atoms with Gasteiger partial charge in [-0.2, -0.15) is 18.4 Å². The molecule has 2 aromatic heterocycles. The van der Waals surface area contributed by atoms with E-state index in [0.717, 1.165) is 22.8 Å². The Hall–Kier alpha value is -3.06. The summed E-state index contributed by atoms with van der Waals surface area (Å²) < 4.78 is 77.6. The number of ether oxygens (including phenoxy) is 2. The Labute approximate surface area is 206 Å². The molecule has 0 N–H and O–H groups in total. The Kier molecular flexibility index (Phi) is 7.56. The lowest BCUT2D eigenvalue weighted by molar-refractivity contribution is -0.142. The molecule has 8 nitrogen and oxygen atoms in total. The molecule has 0 radical (unpaired) electrons. The van der Waals surface area contributed by atoms with Crippen molar-refractivity contribution in [2.75, 3.05) is 7.11 Å². The zero-order valence-electron chi connectivity index (χ0n) is 16.7. The van der Waals surface area contributed by atoms with E-state index in [9.17, 15) is 26.7 Å². The molecular formula is C19H10ClF5IN5O3. The summed E-state index contributed by atoms with van der Waals surface area (Å²) in [4.78, 5) is 16.5. The molecule has 1 aromatic carbocycles. The minimum Gasteiger partial charge on any atom is -0.480 e. The third-order valence-corrected chi connectivity index (χ3v) is 5.21. The lowest BCUT2D eigenvalue weighted by Crippen LogP contribution is -2.30. The highest BCUT2D eigenvalue weighted by molar-refractivity contribution is 14.1. The van der Waals surface area contributed by atoms with Crippen LogP contribution in [0, 0.1) is 15.2 Å². The number of nitriles is 1. The van der Waals surface area contributed by atoms with Crippen molar-refractivity contribution < 1.29 is 31.4 Å². The van der Waals surface area contributed by atoms with Gasteiger partial charge >= 0.3 is 6.18 Å². The van der Waals surface area contributed by atoms with E-state index < -0.39 is 45.7 Å². The molecule has 2 heterocycles. The summed E-state index contributed by atoms with van der Waals surface area (Å²) in [5.41, 5.74) is -3.71. The quantitative estimate of drug-likeness (QED) is 0.220. The van der Waals surface area contributed by atoms with Crippen LogP contribution in [-0.4, -0.2) is 26.9 Å². The van der Waals surface area contributed by atoms with E-state index in [1.165, 1.54) is 35.8 Å². The maximum absolute atomic E-state index is 13.7. The van der Waals surface area contributed by atoms with Crippen LogP contribution in [0.15, 0.2) is 29.1 Å². The van der Waals surface area contributed by atoms with Gasteiger partial charge < -0.3 is 9.47 Å². The van der Waals surface area contributed by atoms with Gasteiger partial charge in [0.25, 0.3) is 12.0 Å². The van der Waals surface area contributed by atoms with Crippen LogP contribution in [0.25, 0.3) is 0 Å². The highest BCUT2D eigenvalue weighted by Gasteiger charge is 2.40. The average molecular weight is 614 g/mol. The van der Waals surface area contributed by atoms with E-state index in [-0.39, 0.29) is 27.8 Å². The van der Waals surface area contributed by atoms with Gasteiger partial charge in [-0.05, 0) is 24.3 Å². The van der Waals surface area contributed by atoms with E-state index in [2.05, 4.69) is 15.2 Å². The molecule has 0 spiro atoms. The largest absolute Gasteiger partial charge is 0.480 e. The van der Waals surface area contributed by atoms with Crippen LogP contribution >= 0.6 is 34.2 Å². The Morgan fingerprint density at radius 2 is 1.94 bits per heavy atom. The van der Waals surface area contributed by atoms with Crippen molar-refractivity contribution >= 4 is 34.2 Å². The highest BCUT2D eigenvalue weighted by Crippen LogP contribution is 2.36. The van der Waals surface area contributed by atoms with Crippen molar-refractivity contribution in [2.45, 2.75) is 19.1 Å². The maximum atomic E-state index is 13.7. The Morgan fingerprint density at radius 3 is 2.53 bits per heavy atom. The van der Waals surface area contributed by atoms with Crippen LogP contribution in [0.5, 0.6) is 17.4 Å². The SMILES string of the molecule is COc1nnc(C(F)F)cc1Cn1c(I)nc(C(F)(F)F)c(Oc2cc(Cl)cc(C#N)c2)c1=O. The first kappa shape index (κ1) is 25.6. The van der Waals surface area contributed by atoms with Crippen molar-refractivity contribution in [1.82, 2.24) is 19.7 Å². The fourth-order valence-corrected chi connectivity index (χ4v) is 3.59. The van der Waals surface area contributed by atoms with Crippen molar-refractivity contribution in [1.29, 1.82) is 5.26 Å². The van der Waals surface area contributed by atoms with Gasteiger partial charge in [-0.3, -0.25) is 9.36 Å². The van der Waals surface area contributed by atoms with Gasteiger partial charge in [0, 0.05) is 33.2 Å². The topological polar surface area (TPSA) is 103 Å². The third-order valence-electron chi connectivity index (χ3n) is 4.17. The molecule has 0 unspecified atom stereocenters. The summed E-state index contributed by atoms with van der Waals surface area (Å²) in [5.74, 6) is -1.73. The van der Waals surface area contributed by atoms with Gasteiger partial charge in [-0.1, -0.05) is 11.6 Å². The van der Waals surface area contributed by atoms with Gasteiger partial charge in [-0.25, -0.2) is 13.8 Å². The number of alkyl halides is 5. The molecular weight excluding hydrogens is 604 g/mol. The van der Waals surface area contributed by atoms with Crippen LogP contribution in [0.1, 0.15) is 28.9 Å². The van der Waals surface area contributed by atoms with Crippen molar-refractivity contribution in [3.05, 3.63) is 66.0 Å². The fraction of sp³-hybridized carbons (Fsp3) is 0.211. The van der Waals surface area contributed by atoms with E-state index in [1.54, 1.807) is 6.07 Å². The summed E-state index contributed by atoms with van der Waals surface area (Å²) in [6.45, 7) is -0.532. The Bertz CT molecular complexity index is 1340. The Morgan fingerprint density at radius 1 is 1.24 bits per heavy atom. The van der Waals surface area contributed by atoms with Crippen LogP contribution in [-0.2, 0) is 12.7 Å². The predicted octanol–water partition coefficient (Wildman–Crippen LogP) is 4.97. The minimum absolute atomic E-state index is 0.0199. The third kappa shape index (κ3) is 5.53. The molecule has 0 aliphatic carbocycles. The lowest BCUT2D eigenvalue weighted by atomic mass is 10.2.